The number of rotatable bonds is 0. The van der Waals surface area contributed by atoms with E-state index in [2.05, 4.69) is 0 Å². The normalized spacial score (nSPS) is 21.9. The number of ether oxygens (including phenoxy) is 3. The Balaban J connectivity index is 2.10. The highest BCUT2D eigenvalue weighted by Crippen LogP contribution is 2.43. The van der Waals surface area contributed by atoms with Crippen LogP contribution in [0.15, 0.2) is 12.1 Å². The Morgan fingerprint density at radius 2 is 1.82 bits per heavy atom. The number of benzene rings is 1. The van der Waals surface area contributed by atoms with E-state index in [1.165, 1.54) is 0 Å². The molecule has 1 unspecified atom stereocenters. The summed E-state index contributed by atoms with van der Waals surface area (Å²) >= 11 is 0. The molecule has 0 aliphatic carbocycles. The number of carbonyl (C=O) groups is 1. The fraction of sp³-hybridized carbons (Fsp3) is 0.417. The molecule has 1 atom stereocenters. The molecular weight excluding hydrogens is 222 g/mol. The molecule has 2 aliphatic heterocycles. The van der Waals surface area contributed by atoms with Crippen molar-refractivity contribution in [3.05, 3.63) is 12.1 Å². The number of hydrogen-bond acceptors (Lipinski definition) is 4. The maximum Gasteiger partial charge on any atom is 0.267 e. The first-order valence-corrected chi connectivity index (χ1v) is 5.54. The Morgan fingerprint density at radius 1 is 1.18 bits per heavy atom. The van der Waals surface area contributed by atoms with Crippen molar-refractivity contribution in [1.82, 2.24) is 0 Å². The van der Waals surface area contributed by atoms with Crippen molar-refractivity contribution in [2.45, 2.75) is 13.0 Å². The van der Waals surface area contributed by atoms with E-state index in [1.54, 1.807) is 31.0 Å². The summed E-state index contributed by atoms with van der Waals surface area (Å²) in [6, 6.07) is 3.57. The predicted octanol–water partition coefficient (Wildman–Crippen LogP) is 1.20. The van der Waals surface area contributed by atoms with E-state index in [9.17, 15) is 4.79 Å². The lowest BCUT2D eigenvalue weighted by atomic mass is 10.1. The van der Waals surface area contributed by atoms with Gasteiger partial charge in [0.1, 0.15) is 19.0 Å². The Morgan fingerprint density at radius 3 is 2.53 bits per heavy atom. The minimum atomic E-state index is -0.463. The summed E-state index contributed by atoms with van der Waals surface area (Å²) in [6.07, 6.45) is -0.463. The van der Waals surface area contributed by atoms with Gasteiger partial charge >= 0.3 is 0 Å². The van der Waals surface area contributed by atoms with Crippen molar-refractivity contribution in [3.63, 3.8) is 0 Å². The first-order valence-electron chi connectivity index (χ1n) is 5.54. The van der Waals surface area contributed by atoms with Crippen molar-refractivity contribution in [2.75, 3.05) is 25.2 Å². The highest BCUT2D eigenvalue weighted by molar-refractivity contribution is 5.99. The van der Waals surface area contributed by atoms with Gasteiger partial charge in [0.25, 0.3) is 5.91 Å². The van der Waals surface area contributed by atoms with E-state index >= 15 is 0 Å². The van der Waals surface area contributed by atoms with Crippen LogP contribution in [0.3, 0.4) is 0 Å². The van der Waals surface area contributed by atoms with Crippen LogP contribution in [0.1, 0.15) is 6.92 Å². The molecule has 5 nitrogen and oxygen atoms in total. The number of hydrogen-bond donors (Lipinski definition) is 0. The molecule has 0 bridgehead atoms. The van der Waals surface area contributed by atoms with Crippen LogP contribution in [-0.4, -0.2) is 32.3 Å². The molecule has 17 heavy (non-hydrogen) atoms. The van der Waals surface area contributed by atoms with E-state index in [0.29, 0.717) is 30.5 Å². The molecule has 0 N–H and O–H groups in total. The lowest BCUT2D eigenvalue weighted by Gasteiger charge is -2.31. The van der Waals surface area contributed by atoms with Gasteiger partial charge in [-0.15, -0.1) is 0 Å². The van der Waals surface area contributed by atoms with Crippen molar-refractivity contribution >= 4 is 11.6 Å². The summed E-state index contributed by atoms with van der Waals surface area (Å²) < 4.78 is 16.5. The van der Waals surface area contributed by atoms with Crippen molar-refractivity contribution in [1.29, 1.82) is 0 Å². The van der Waals surface area contributed by atoms with Crippen LogP contribution in [0.5, 0.6) is 17.2 Å². The molecule has 3 rings (SSSR count). The Labute approximate surface area is 98.9 Å². The molecule has 2 aliphatic rings. The lowest BCUT2D eigenvalue weighted by molar-refractivity contribution is -0.125. The summed E-state index contributed by atoms with van der Waals surface area (Å²) in [5.41, 5.74) is 0.720. The maximum atomic E-state index is 11.8. The summed E-state index contributed by atoms with van der Waals surface area (Å²) in [4.78, 5) is 13.4. The minimum Gasteiger partial charge on any atom is -0.486 e. The van der Waals surface area contributed by atoms with Crippen molar-refractivity contribution in [2.24, 2.45) is 0 Å². The standard InChI is InChI=1S/C12H13NO4/c1-7-12(14)13(2)8-5-10-11(6-9(8)17-7)16-4-3-15-10/h5-7H,3-4H2,1-2H3. The highest BCUT2D eigenvalue weighted by atomic mass is 16.6. The van der Waals surface area contributed by atoms with Gasteiger partial charge in [-0.25, -0.2) is 0 Å². The maximum absolute atomic E-state index is 11.8. The fourth-order valence-corrected chi connectivity index (χ4v) is 2.05. The van der Waals surface area contributed by atoms with Gasteiger partial charge in [0.05, 0.1) is 5.69 Å². The first kappa shape index (κ1) is 10.3. The van der Waals surface area contributed by atoms with Crippen LogP contribution in [0.4, 0.5) is 5.69 Å². The minimum absolute atomic E-state index is 0.0609. The van der Waals surface area contributed by atoms with Gasteiger partial charge in [-0.1, -0.05) is 0 Å². The van der Waals surface area contributed by atoms with E-state index in [0.717, 1.165) is 5.69 Å². The topological polar surface area (TPSA) is 48.0 Å². The fourth-order valence-electron chi connectivity index (χ4n) is 2.05. The number of carbonyl (C=O) groups excluding carboxylic acids is 1. The zero-order valence-electron chi connectivity index (χ0n) is 9.73. The van der Waals surface area contributed by atoms with Crippen molar-refractivity contribution < 1.29 is 19.0 Å². The molecular formula is C12H13NO4. The average Bonchev–Trinajstić information content (AvgIpc) is 2.34. The molecule has 0 aromatic heterocycles. The van der Waals surface area contributed by atoms with Gasteiger partial charge in [0, 0.05) is 19.2 Å². The zero-order valence-corrected chi connectivity index (χ0v) is 9.73. The van der Waals surface area contributed by atoms with Crippen LogP contribution in [0.25, 0.3) is 0 Å². The quantitative estimate of drug-likeness (QED) is 0.678. The molecule has 0 saturated heterocycles. The van der Waals surface area contributed by atoms with E-state index < -0.39 is 6.10 Å². The molecule has 5 heteroatoms. The van der Waals surface area contributed by atoms with Gasteiger partial charge in [-0.2, -0.15) is 0 Å². The van der Waals surface area contributed by atoms with E-state index in [4.69, 9.17) is 14.2 Å². The third kappa shape index (κ3) is 1.50. The van der Waals surface area contributed by atoms with Crippen LogP contribution < -0.4 is 19.1 Å². The van der Waals surface area contributed by atoms with Gasteiger partial charge in [0.15, 0.2) is 17.6 Å². The smallest absolute Gasteiger partial charge is 0.267 e. The zero-order chi connectivity index (χ0) is 12.0. The second kappa shape index (κ2) is 3.55. The highest BCUT2D eigenvalue weighted by Gasteiger charge is 2.31. The predicted molar refractivity (Wildman–Crippen MR) is 60.9 cm³/mol. The third-order valence-corrected chi connectivity index (χ3v) is 2.97. The van der Waals surface area contributed by atoms with Gasteiger partial charge in [-0.3, -0.25) is 4.79 Å². The van der Waals surface area contributed by atoms with Crippen LogP contribution in [0.2, 0.25) is 0 Å². The molecule has 2 heterocycles. The third-order valence-electron chi connectivity index (χ3n) is 2.97. The van der Waals surface area contributed by atoms with Gasteiger partial charge in [-0.05, 0) is 6.92 Å². The molecule has 0 spiro atoms. The molecule has 0 saturated carbocycles. The van der Waals surface area contributed by atoms with Crippen LogP contribution in [0, 0.1) is 0 Å². The Bertz CT molecular complexity index is 486. The summed E-state index contributed by atoms with van der Waals surface area (Å²) in [6.45, 7) is 2.80. The van der Waals surface area contributed by atoms with E-state index in [1.807, 2.05) is 0 Å². The molecule has 90 valence electrons. The van der Waals surface area contributed by atoms with Gasteiger partial charge in [0.2, 0.25) is 0 Å². The average molecular weight is 235 g/mol. The van der Waals surface area contributed by atoms with Crippen molar-refractivity contribution in [3.8, 4) is 17.2 Å². The summed E-state index contributed by atoms with van der Waals surface area (Å²) in [5.74, 6) is 1.93. The second-order valence-corrected chi connectivity index (χ2v) is 4.12. The Kier molecular flexibility index (Phi) is 2.14. The van der Waals surface area contributed by atoms with Gasteiger partial charge < -0.3 is 19.1 Å². The lowest BCUT2D eigenvalue weighted by Crippen LogP contribution is -2.42. The molecule has 0 fully saturated rings. The number of nitrogens with zero attached hydrogens (tertiary/aromatic N) is 1. The number of likely N-dealkylation sites (N-methyl/N-ethyl adjacent to an activating group) is 1. The number of anilines is 1. The Hall–Kier alpha value is -1.91. The molecule has 1 aromatic rings. The van der Waals surface area contributed by atoms with Crippen LogP contribution in [-0.2, 0) is 4.79 Å². The largest absolute Gasteiger partial charge is 0.486 e. The van der Waals surface area contributed by atoms with Crippen LogP contribution >= 0.6 is 0 Å². The molecule has 0 radical (unpaired) electrons. The first-order chi connectivity index (χ1) is 8.16. The monoisotopic (exact) mass is 235 g/mol. The molecule has 1 amide bonds. The summed E-state index contributed by atoms with van der Waals surface area (Å²) in [5, 5.41) is 0. The number of amides is 1. The second-order valence-electron chi connectivity index (χ2n) is 4.12. The molecule has 1 aromatic carbocycles. The number of fused-ring (bicyclic) bond motifs is 2. The van der Waals surface area contributed by atoms with E-state index in [-0.39, 0.29) is 5.91 Å². The SMILES string of the molecule is CC1Oc2cc3c(cc2N(C)C1=O)OCCO3. The summed E-state index contributed by atoms with van der Waals surface area (Å²) in [7, 11) is 1.73.